The zero-order valence-corrected chi connectivity index (χ0v) is 11.4. The van der Waals surface area contributed by atoms with E-state index in [2.05, 4.69) is 0 Å². The Bertz CT molecular complexity index is 571. The normalized spacial score (nSPS) is 18.4. The van der Waals surface area contributed by atoms with Gasteiger partial charge in [-0.15, -0.1) is 0 Å². The third kappa shape index (κ3) is 2.93. The summed E-state index contributed by atoms with van der Waals surface area (Å²) in [7, 11) is -2.09. The van der Waals surface area contributed by atoms with Crippen LogP contribution in [0.15, 0.2) is 29.2 Å². The summed E-state index contributed by atoms with van der Waals surface area (Å²) < 4.78 is 38.6. The molecule has 1 amide bonds. The van der Waals surface area contributed by atoms with Crippen molar-refractivity contribution in [1.29, 1.82) is 0 Å². The number of hydrogen-bond donors (Lipinski definition) is 0. The van der Waals surface area contributed by atoms with Gasteiger partial charge in [0.25, 0.3) is 0 Å². The Kier molecular flexibility index (Phi) is 3.86. The van der Waals surface area contributed by atoms with Crippen molar-refractivity contribution in [3.63, 3.8) is 0 Å². The second kappa shape index (κ2) is 5.26. The first-order valence-corrected chi connectivity index (χ1v) is 7.35. The molecule has 19 heavy (non-hydrogen) atoms. The van der Waals surface area contributed by atoms with Crippen LogP contribution in [-0.4, -0.2) is 50.2 Å². The molecule has 1 aromatic carbocycles. The molecule has 1 aliphatic rings. The lowest BCUT2D eigenvalue weighted by Gasteiger charge is -2.19. The van der Waals surface area contributed by atoms with Crippen LogP contribution in [-0.2, 0) is 14.8 Å². The minimum atomic E-state index is -3.74. The van der Waals surface area contributed by atoms with E-state index in [1.807, 2.05) is 0 Å². The van der Waals surface area contributed by atoms with E-state index in [4.69, 9.17) is 0 Å². The Labute approximate surface area is 111 Å². The van der Waals surface area contributed by atoms with E-state index >= 15 is 0 Å². The minimum Gasteiger partial charge on any atom is -0.345 e. The summed E-state index contributed by atoms with van der Waals surface area (Å²) in [5, 5.41) is 0. The topological polar surface area (TPSA) is 57.7 Å². The van der Waals surface area contributed by atoms with Crippen LogP contribution in [0.4, 0.5) is 4.39 Å². The predicted molar refractivity (Wildman–Crippen MR) is 67.4 cm³/mol. The smallest absolute Gasteiger partial charge is 0.243 e. The lowest BCUT2D eigenvalue weighted by Crippen LogP contribution is -2.37. The number of benzene rings is 1. The number of likely N-dealkylation sites (N-methyl/N-ethyl adjacent to an activating group) is 1. The maximum Gasteiger partial charge on any atom is 0.243 e. The third-order valence-electron chi connectivity index (χ3n) is 3.09. The summed E-state index contributed by atoms with van der Waals surface area (Å²) in [5.74, 6) is -0.728. The van der Waals surface area contributed by atoms with Crippen molar-refractivity contribution in [2.45, 2.75) is 11.3 Å². The molecule has 0 aliphatic carbocycles. The molecule has 1 saturated heterocycles. The Morgan fingerprint density at radius 1 is 1.16 bits per heavy atom. The fourth-order valence-electron chi connectivity index (χ4n) is 1.92. The molecule has 1 aliphatic heterocycles. The molecule has 7 heteroatoms. The highest BCUT2D eigenvalue weighted by Crippen LogP contribution is 2.18. The number of hydrogen-bond acceptors (Lipinski definition) is 3. The Hall–Kier alpha value is -1.47. The Morgan fingerprint density at radius 3 is 2.42 bits per heavy atom. The zero-order valence-electron chi connectivity index (χ0n) is 10.5. The second-order valence-electron chi connectivity index (χ2n) is 4.46. The third-order valence-corrected chi connectivity index (χ3v) is 4.95. The molecular weight excluding hydrogens is 271 g/mol. The van der Waals surface area contributed by atoms with Crippen molar-refractivity contribution >= 4 is 15.9 Å². The van der Waals surface area contributed by atoms with Crippen LogP contribution in [0.3, 0.4) is 0 Å². The van der Waals surface area contributed by atoms with Gasteiger partial charge in [0.15, 0.2) is 0 Å². The monoisotopic (exact) mass is 286 g/mol. The molecule has 0 radical (unpaired) electrons. The van der Waals surface area contributed by atoms with E-state index in [1.54, 1.807) is 7.05 Å². The fourth-order valence-corrected chi connectivity index (χ4v) is 3.35. The van der Waals surface area contributed by atoms with Gasteiger partial charge < -0.3 is 4.90 Å². The van der Waals surface area contributed by atoms with Gasteiger partial charge >= 0.3 is 0 Å². The Morgan fingerprint density at radius 2 is 1.79 bits per heavy atom. The van der Waals surface area contributed by atoms with Crippen LogP contribution in [0.25, 0.3) is 0 Å². The largest absolute Gasteiger partial charge is 0.345 e. The van der Waals surface area contributed by atoms with E-state index < -0.39 is 15.8 Å². The van der Waals surface area contributed by atoms with E-state index in [-0.39, 0.29) is 23.9 Å². The molecule has 0 spiro atoms. The average molecular weight is 286 g/mol. The van der Waals surface area contributed by atoms with Gasteiger partial charge in [0.2, 0.25) is 15.9 Å². The van der Waals surface area contributed by atoms with Crippen molar-refractivity contribution < 1.29 is 17.6 Å². The van der Waals surface area contributed by atoms with Crippen molar-refractivity contribution in [3.05, 3.63) is 30.1 Å². The van der Waals surface area contributed by atoms with E-state index in [0.29, 0.717) is 13.0 Å². The lowest BCUT2D eigenvalue weighted by molar-refractivity contribution is -0.129. The van der Waals surface area contributed by atoms with Gasteiger partial charge in [-0.25, -0.2) is 12.8 Å². The van der Waals surface area contributed by atoms with Gasteiger partial charge in [0, 0.05) is 20.1 Å². The van der Waals surface area contributed by atoms with Crippen molar-refractivity contribution in [2.24, 2.45) is 0 Å². The van der Waals surface area contributed by atoms with Crippen molar-refractivity contribution in [3.8, 4) is 0 Å². The van der Waals surface area contributed by atoms with Crippen molar-refractivity contribution in [2.75, 3.05) is 26.7 Å². The summed E-state index contributed by atoms with van der Waals surface area (Å²) in [4.78, 5) is 13.2. The van der Waals surface area contributed by atoms with Gasteiger partial charge in [0.05, 0.1) is 11.4 Å². The number of carbonyl (C=O) groups is 1. The quantitative estimate of drug-likeness (QED) is 0.803. The van der Waals surface area contributed by atoms with Gasteiger partial charge in [-0.2, -0.15) is 4.31 Å². The second-order valence-corrected chi connectivity index (χ2v) is 6.40. The predicted octanol–water partition coefficient (Wildman–Crippen LogP) is 0.678. The number of nitrogens with zero attached hydrogens (tertiary/aromatic N) is 2. The highest BCUT2D eigenvalue weighted by molar-refractivity contribution is 7.89. The summed E-state index contributed by atoms with van der Waals surface area (Å²) >= 11 is 0. The van der Waals surface area contributed by atoms with Crippen molar-refractivity contribution in [1.82, 2.24) is 9.21 Å². The van der Waals surface area contributed by atoms with Crippen LogP contribution >= 0.6 is 0 Å². The van der Waals surface area contributed by atoms with Crippen LogP contribution in [0.1, 0.15) is 6.42 Å². The molecule has 1 heterocycles. The number of halogens is 1. The highest BCUT2D eigenvalue weighted by Gasteiger charge is 2.29. The molecular formula is C12H15FN2O3S. The minimum absolute atomic E-state index is 0.00579. The SMILES string of the molecule is CN1CCCN(S(=O)(=O)c2ccc(F)cc2)CC1=O. The van der Waals surface area contributed by atoms with Crippen LogP contribution in [0, 0.1) is 5.82 Å². The molecule has 0 N–H and O–H groups in total. The van der Waals surface area contributed by atoms with Gasteiger partial charge in [-0.3, -0.25) is 4.79 Å². The summed E-state index contributed by atoms with van der Waals surface area (Å²) in [6, 6.07) is 4.62. The highest BCUT2D eigenvalue weighted by atomic mass is 32.2. The molecule has 1 aromatic rings. The average Bonchev–Trinajstić information content (AvgIpc) is 2.53. The van der Waals surface area contributed by atoms with E-state index in [0.717, 1.165) is 16.4 Å². The summed E-state index contributed by atoms with van der Waals surface area (Å²) in [6.07, 6.45) is 0.586. The zero-order chi connectivity index (χ0) is 14.0. The van der Waals surface area contributed by atoms with Gasteiger partial charge in [-0.1, -0.05) is 0 Å². The molecule has 0 aromatic heterocycles. The summed E-state index contributed by atoms with van der Waals surface area (Å²) in [5.41, 5.74) is 0. The molecule has 104 valence electrons. The first-order valence-electron chi connectivity index (χ1n) is 5.91. The molecule has 1 fully saturated rings. The molecule has 0 bridgehead atoms. The number of rotatable bonds is 2. The molecule has 0 unspecified atom stereocenters. The van der Waals surface area contributed by atoms with Crippen LogP contribution < -0.4 is 0 Å². The summed E-state index contributed by atoms with van der Waals surface area (Å²) in [6.45, 7) is 0.653. The lowest BCUT2D eigenvalue weighted by atomic mass is 10.4. The Balaban J connectivity index is 2.28. The van der Waals surface area contributed by atoms with E-state index in [1.165, 1.54) is 17.0 Å². The number of sulfonamides is 1. The number of amides is 1. The molecule has 0 atom stereocenters. The standard InChI is InChI=1S/C12H15FN2O3S/c1-14-7-2-8-15(9-12(14)16)19(17,18)11-5-3-10(13)4-6-11/h3-6H,2,7-9H2,1H3. The first-order chi connectivity index (χ1) is 8.91. The molecule has 0 saturated carbocycles. The van der Waals surface area contributed by atoms with Gasteiger partial charge in [-0.05, 0) is 30.7 Å². The first kappa shape index (κ1) is 14.0. The molecule has 5 nitrogen and oxygen atoms in total. The van der Waals surface area contributed by atoms with Crippen LogP contribution in [0.5, 0.6) is 0 Å². The van der Waals surface area contributed by atoms with Crippen LogP contribution in [0.2, 0.25) is 0 Å². The maximum absolute atomic E-state index is 12.8. The maximum atomic E-state index is 12.8. The van der Waals surface area contributed by atoms with E-state index in [9.17, 15) is 17.6 Å². The molecule has 2 rings (SSSR count). The number of carbonyl (C=O) groups excluding carboxylic acids is 1. The fraction of sp³-hybridized carbons (Fsp3) is 0.417. The van der Waals surface area contributed by atoms with Gasteiger partial charge in [0.1, 0.15) is 5.82 Å².